The zero-order valence-electron chi connectivity index (χ0n) is 21.8. The molecule has 3 aliphatic rings. The smallest absolute Gasteiger partial charge is 0.319 e. The third kappa shape index (κ3) is 4.32. The topological polar surface area (TPSA) is 91.4 Å². The lowest BCUT2D eigenvalue weighted by molar-refractivity contribution is 0.192. The highest BCUT2D eigenvalue weighted by Gasteiger charge is 2.31. The van der Waals surface area contributed by atoms with Gasteiger partial charge in [-0.1, -0.05) is 17.7 Å². The Morgan fingerprint density at radius 2 is 1.82 bits per heavy atom. The van der Waals surface area contributed by atoms with Crippen LogP contribution in [0.15, 0.2) is 24.4 Å². The molecule has 0 bridgehead atoms. The number of nitrogens with zero attached hydrogens (tertiary/aromatic N) is 5. The average Bonchev–Trinajstić information content (AvgIpc) is 3.44. The molecule has 0 amide bonds. The van der Waals surface area contributed by atoms with Crippen LogP contribution in [0, 0.1) is 6.92 Å². The molecule has 198 valence electrons. The molecule has 2 aromatic heterocycles. The summed E-state index contributed by atoms with van der Waals surface area (Å²) in [5.74, 6) is 1.56. The highest BCUT2D eigenvalue weighted by atomic mass is 35.5. The second-order valence-corrected chi connectivity index (χ2v) is 11.1. The number of aromatic nitrogens is 4. The molecular formula is C28H32ClN7O2. The first-order chi connectivity index (χ1) is 18.5. The van der Waals surface area contributed by atoms with E-state index in [-0.39, 0.29) is 12.2 Å². The molecule has 2 saturated heterocycles. The first-order valence-corrected chi connectivity index (χ1v) is 13.9. The molecule has 4 aromatic rings. The lowest BCUT2D eigenvalue weighted by Gasteiger charge is -2.30. The molecule has 9 nitrogen and oxygen atoms in total. The van der Waals surface area contributed by atoms with Gasteiger partial charge in [0.05, 0.1) is 22.8 Å². The Morgan fingerprint density at radius 1 is 0.974 bits per heavy atom. The average molecular weight is 534 g/mol. The highest BCUT2D eigenvalue weighted by molar-refractivity contribution is 6.35. The summed E-state index contributed by atoms with van der Waals surface area (Å²) in [4.78, 5) is 14.6. The quantitative estimate of drug-likeness (QED) is 0.381. The molecule has 10 heteroatoms. The van der Waals surface area contributed by atoms with E-state index in [1.807, 2.05) is 18.3 Å². The maximum Gasteiger partial charge on any atom is 0.319 e. The minimum Gasteiger partial charge on any atom is -0.487 e. The van der Waals surface area contributed by atoms with Gasteiger partial charge in [0.15, 0.2) is 5.75 Å². The summed E-state index contributed by atoms with van der Waals surface area (Å²) in [6, 6.07) is 6.55. The summed E-state index contributed by atoms with van der Waals surface area (Å²) in [7, 11) is 2.12. The van der Waals surface area contributed by atoms with Gasteiger partial charge in [-0.25, -0.2) is 0 Å². The van der Waals surface area contributed by atoms with E-state index in [4.69, 9.17) is 31.0 Å². The van der Waals surface area contributed by atoms with Crippen molar-refractivity contribution in [1.29, 1.82) is 0 Å². The van der Waals surface area contributed by atoms with E-state index < -0.39 is 0 Å². The number of aryl methyl sites for hydroxylation is 1. The summed E-state index contributed by atoms with van der Waals surface area (Å²) in [6.45, 7) is 7.46. The van der Waals surface area contributed by atoms with Gasteiger partial charge in [-0.15, -0.1) is 0 Å². The van der Waals surface area contributed by atoms with Crippen molar-refractivity contribution >= 4 is 39.2 Å². The van der Waals surface area contributed by atoms with E-state index in [0.29, 0.717) is 16.8 Å². The standard InChI is InChI=1S/C28H32ClN7O2/c1-16-3-6-22-20(14-31-34-22)23(16)24-21(29)13-19-25(26(24)37-17-4-5-17)32-28(38-18-7-10-35(2)15-18)33-27(19)36-11-8-30-9-12-36/h3,6,13-14,17-18,30H,4-5,7-12,15H2,1-2H3,(H,31,34)/t18-/m0/s1. The Hall–Kier alpha value is -3.14. The lowest BCUT2D eigenvalue weighted by Crippen LogP contribution is -2.44. The highest BCUT2D eigenvalue weighted by Crippen LogP contribution is 2.48. The number of likely N-dealkylation sites (tertiary alicyclic amines) is 1. The van der Waals surface area contributed by atoms with Crippen LogP contribution in [-0.2, 0) is 0 Å². The molecule has 4 heterocycles. The molecule has 38 heavy (non-hydrogen) atoms. The molecule has 0 spiro atoms. The van der Waals surface area contributed by atoms with Gasteiger partial charge in [0.2, 0.25) is 0 Å². The first-order valence-electron chi connectivity index (χ1n) is 13.5. The monoisotopic (exact) mass is 533 g/mol. The second-order valence-electron chi connectivity index (χ2n) is 10.7. The number of H-pyrrole nitrogens is 1. The van der Waals surface area contributed by atoms with Crippen LogP contribution in [0.2, 0.25) is 5.02 Å². The van der Waals surface area contributed by atoms with Crippen LogP contribution >= 0.6 is 11.6 Å². The summed E-state index contributed by atoms with van der Waals surface area (Å²) in [5, 5.41) is 13.4. The fourth-order valence-electron chi connectivity index (χ4n) is 5.64. The molecule has 7 rings (SSSR count). The number of benzene rings is 2. The van der Waals surface area contributed by atoms with Gasteiger partial charge in [0, 0.05) is 61.2 Å². The van der Waals surface area contributed by atoms with E-state index in [0.717, 1.165) is 103 Å². The van der Waals surface area contributed by atoms with Crippen LogP contribution in [0.3, 0.4) is 0 Å². The zero-order chi connectivity index (χ0) is 25.8. The Labute approximate surface area is 226 Å². The Morgan fingerprint density at radius 3 is 2.58 bits per heavy atom. The number of hydrogen-bond acceptors (Lipinski definition) is 8. The van der Waals surface area contributed by atoms with Crippen molar-refractivity contribution in [2.75, 3.05) is 51.2 Å². The fraction of sp³-hybridized carbons (Fsp3) is 0.464. The van der Waals surface area contributed by atoms with Crippen molar-refractivity contribution in [3.05, 3.63) is 35.0 Å². The van der Waals surface area contributed by atoms with Crippen LogP contribution in [0.4, 0.5) is 5.82 Å². The largest absolute Gasteiger partial charge is 0.487 e. The van der Waals surface area contributed by atoms with Gasteiger partial charge < -0.3 is 24.6 Å². The molecule has 1 aliphatic carbocycles. The van der Waals surface area contributed by atoms with E-state index in [2.05, 4.69) is 45.4 Å². The number of fused-ring (bicyclic) bond motifs is 2. The number of ether oxygens (including phenoxy) is 2. The molecule has 1 saturated carbocycles. The van der Waals surface area contributed by atoms with Crippen LogP contribution in [0.25, 0.3) is 32.9 Å². The predicted octanol–water partition coefficient (Wildman–Crippen LogP) is 4.17. The summed E-state index contributed by atoms with van der Waals surface area (Å²) >= 11 is 7.16. The van der Waals surface area contributed by atoms with Crippen LogP contribution in [0.5, 0.6) is 11.8 Å². The van der Waals surface area contributed by atoms with Gasteiger partial charge >= 0.3 is 6.01 Å². The Bertz CT molecular complexity index is 1510. The number of likely N-dealkylation sites (N-methyl/N-ethyl adjacent to an activating group) is 1. The van der Waals surface area contributed by atoms with Crippen LogP contribution in [0.1, 0.15) is 24.8 Å². The summed E-state index contributed by atoms with van der Waals surface area (Å²) in [5.41, 5.74) is 4.68. The third-order valence-electron chi connectivity index (χ3n) is 7.79. The normalized spacial score (nSPS) is 20.5. The van der Waals surface area contributed by atoms with Gasteiger partial charge in [-0.05, 0) is 50.9 Å². The number of hydrogen-bond donors (Lipinski definition) is 2. The number of nitrogens with one attached hydrogen (secondary N) is 2. The van der Waals surface area contributed by atoms with Gasteiger partial charge in [0.25, 0.3) is 0 Å². The molecule has 3 fully saturated rings. The fourth-order valence-corrected chi connectivity index (χ4v) is 5.93. The van der Waals surface area contributed by atoms with E-state index in [1.165, 1.54) is 0 Å². The minimum atomic E-state index is 0.0646. The SMILES string of the molecule is Cc1ccc2[nH]ncc2c1-c1c(Cl)cc2c(N3CCNCC3)nc(O[C@H]3CCN(C)C3)nc2c1OC1CC1. The minimum absolute atomic E-state index is 0.0646. The second kappa shape index (κ2) is 9.55. The Balaban J connectivity index is 1.47. The molecule has 2 N–H and O–H groups in total. The van der Waals surface area contributed by atoms with Crippen molar-refractivity contribution in [3.8, 4) is 22.9 Å². The van der Waals surface area contributed by atoms with Gasteiger partial charge in [0.1, 0.15) is 17.4 Å². The number of anilines is 1. The Kier molecular flexibility index (Phi) is 6.02. The lowest BCUT2D eigenvalue weighted by atomic mass is 9.94. The van der Waals surface area contributed by atoms with E-state index in [1.54, 1.807) is 0 Å². The first kappa shape index (κ1) is 23.9. The van der Waals surface area contributed by atoms with Gasteiger partial charge in [-0.2, -0.15) is 15.1 Å². The maximum atomic E-state index is 7.16. The van der Waals surface area contributed by atoms with Crippen LogP contribution in [-0.4, -0.2) is 83.6 Å². The molecule has 0 radical (unpaired) electrons. The van der Waals surface area contributed by atoms with Crippen molar-refractivity contribution in [1.82, 2.24) is 30.4 Å². The number of rotatable bonds is 6. The predicted molar refractivity (Wildman–Crippen MR) is 150 cm³/mol. The van der Waals surface area contributed by atoms with Crippen molar-refractivity contribution in [2.24, 2.45) is 0 Å². The third-order valence-corrected chi connectivity index (χ3v) is 8.08. The van der Waals surface area contributed by atoms with Gasteiger partial charge in [-0.3, -0.25) is 5.10 Å². The van der Waals surface area contributed by atoms with Crippen LogP contribution < -0.4 is 19.7 Å². The molecule has 2 aromatic carbocycles. The number of piperazine rings is 1. The molecule has 1 atom stereocenters. The van der Waals surface area contributed by atoms with E-state index >= 15 is 0 Å². The van der Waals surface area contributed by atoms with E-state index in [9.17, 15) is 0 Å². The zero-order valence-corrected chi connectivity index (χ0v) is 22.5. The maximum absolute atomic E-state index is 7.16. The number of halogens is 1. The molecule has 2 aliphatic heterocycles. The molecule has 0 unspecified atom stereocenters. The van der Waals surface area contributed by atoms with Crippen molar-refractivity contribution in [2.45, 2.75) is 38.4 Å². The summed E-state index contributed by atoms with van der Waals surface area (Å²) < 4.78 is 13.1. The number of aromatic amines is 1. The van der Waals surface area contributed by atoms with Crippen molar-refractivity contribution in [3.63, 3.8) is 0 Å². The summed E-state index contributed by atoms with van der Waals surface area (Å²) in [6.07, 6.45) is 5.08. The van der Waals surface area contributed by atoms with Crippen molar-refractivity contribution < 1.29 is 9.47 Å². The molecular weight excluding hydrogens is 502 g/mol.